The molecule has 0 bridgehead atoms. The van der Waals surface area contributed by atoms with Crippen molar-refractivity contribution in [2.24, 2.45) is 5.73 Å². The van der Waals surface area contributed by atoms with Crippen LogP contribution in [0.4, 0.5) is 5.69 Å². The van der Waals surface area contributed by atoms with E-state index in [9.17, 15) is 0 Å². The van der Waals surface area contributed by atoms with E-state index in [1.54, 1.807) is 0 Å². The highest BCUT2D eigenvalue weighted by Crippen LogP contribution is 2.38. The van der Waals surface area contributed by atoms with Crippen LogP contribution < -0.4 is 11.1 Å². The van der Waals surface area contributed by atoms with Crippen molar-refractivity contribution >= 4 is 5.69 Å². The Kier molecular flexibility index (Phi) is 2.75. The van der Waals surface area contributed by atoms with Crippen LogP contribution in [0.3, 0.4) is 0 Å². The number of nitrogens with zero attached hydrogens (tertiary/aromatic N) is 2. The third kappa shape index (κ3) is 1.84. The SMILES string of the molecule is NCc1ccccc1NC1c2ccccc2-n2cncc21. The molecule has 2 aromatic carbocycles. The quantitative estimate of drug-likeness (QED) is 0.773. The maximum absolute atomic E-state index is 5.84. The molecular formula is C17H16N4. The van der Waals surface area contributed by atoms with Gasteiger partial charge in [-0.2, -0.15) is 0 Å². The molecule has 0 saturated carbocycles. The largest absolute Gasteiger partial charge is 0.372 e. The highest BCUT2D eigenvalue weighted by molar-refractivity contribution is 5.60. The number of hydrogen-bond donors (Lipinski definition) is 2. The minimum Gasteiger partial charge on any atom is -0.372 e. The lowest BCUT2D eigenvalue weighted by Crippen LogP contribution is -2.12. The molecular weight excluding hydrogens is 260 g/mol. The summed E-state index contributed by atoms with van der Waals surface area (Å²) < 4.78 is 2.14. The van der Waals surface area contributed by atoms with Gasteiger partial charge >= 0.3 is 0 Å². The van der Waals surface area contributed by atoms with Crippen molar-refractivity contribution in [2.75, 3.05) is 5.32 Å². The Balaban J connectivity index is 1.79. The van der Waals surface area contributed by atoms with Gasteiger partial charge in [-0.05, 0) is 17.7 Å². The minimum atomic E-state index is 0.108. The molecule has 4 nitrogen and oxygen atoms in total. The molecule has 3 N–H and O–H groups in total. The molecule has 0 fully saturated rings. The number of hydrogen-bond acceptors (Lipinski definition) is 3. The summed E-state index contributed by atoms with van der Waals surface area (Å²) in [7, 11) is 0. The van der Waals surface area contributed by atoms with Gasteiger partial charge in [-0.3, -0.25) is 0 Å². The number of para-hydroxylation sites is 2. The lowest BCUT2D eigenvalue weighted by molar-refractivity contribution is 0.916. The van der Waals surface area contributed by atoms with Crippen molar-refractivity contribution < 1.29 is 0 Å². The van der Waals surface area contributed by atoms with E-state index in [2.05, 4.69) is 51.3 Å². The van der Waals surface area contributed by atoms with Gasteiger partial charge in [0.05, 0.1) is 29.9 Å². The summed E-state index contributed by atoms with van der Waals surface area (Å²) in [6, 6.07) is 16.7. The Morgan fingerprint density at radius 3 is 2.81 bits per heavy atom. The zero-order valence-electron chi connectivity index (χ0n) is 11.5. The third-order valence-electron chi connectivity index (χ3n) is 4.01. The van der Waals surface area contributed by atoms with Crippen LogP contribution in [0.25, 0.3) is 5.69 Å². The van der Waals surface area contributed by atoms with Crippen LogP contribution >= 0.6 is 0 Å². The monoisotopic (exact) mass is 276 g/mol. The van der Waals surface area contributed by atoms with E-state index in [0.29, 0.717) is 6.54 Å². The molecule has 21 heavy (non-hydrogen) atoms. The molecule has 0 radical (unpaired) electrons. The summed E-state index contributed by atoms with van der Waals surface area (Å²) in [5.41, 5.74) is 11.6. The van der Waals surface area contributed by atoms with Gasteiger partial charge in [-0.1, -0.05) is 36.4 Å². The molecule has 1 aliphatic rings. The summed E-state index contributed by atoms with van der Waals surface area (Å²) in [6.07, 6.45) is 3.79. The summed E-state index contributed by atoms with van der Waals surface area (Å²) in [5.74, 6) is 0. The fourth-order valence-corrected chi connectivity index (χ4v) is 2.98. The molecule has 1 aliphatic heterocycles. The van der Waals surface area contributed by atoms with Gasteiger partial charge in [-0.25, -0.2) is 4.98 Å². The summed E-state index contributed by atoms with van der Waals surface area (Å²) >= 11 is 0. The van der Waals surface area contributed by atoms with Crippen LogP contribution in [0, 0.1) is 0 Å². The first-order valence-electron chi connectivity index (χ1n) is 7.04. The van der Waals surface area contributed by atoms with E-state index in [4.69, 9.17) is 5.73 Å². The molecule has 2 heterocycles. The van der Waals surface area contributed by atoms with Gasteiger partial charge in [0.25, 0.3) is 0 Å². The number of benzene rings is 2. The molecule has 0 spiro atoms. The second kappa shape index (κ2) is 4.75. The molecule has 4 rings (SSSR count). The summed E-state index contributed by atoms with van der Waals surface area (Å²) in [6.45, 7) is 0.525. The zero-order chi connectivity index (χ0) is 14.2. The third-order valence-corrected chi connectivity index (χ3v) is 4.01. The smallest absolute Gasteiger partial charge is 0.0995 e. The molecule has 4 heteroatoms. The molecule has 1 unspecified atom stereocenters. The number of imidazole rings is 1. The van der Waals surface area contributed by atoms with Gasteiger partial charge in [0.1, 0.15) is 0 Å². The first-order chi connectivity index (χ1) is 10.4. The topological polar surface area (TPSA) is 55.9 Å². The van der Waals surface area contributed by atoms with Crippen molar-refractivity contribution in [3.8, 4) is 5.69 Å². The average Bonchev–Trinajstić information content (AvgIpc) is 3.11. The molecule has 3 aromatic rings. The molecule has 0 aliphatic carbocycles. The first kappa shape index (κ1) is 12.2. The number of fused-ring (bicyclic) bond motifs is 3. The van der Waals surface area contributed by atoms with Crippen LogP contribution in [0.15, 0.2) is 61.1 Å². The molecule has 1 atom stereocenters. The van der Waals surface area contributed by atoms with Crippen LogP contribution in [0.5, 0.6) is 0 Å². The fraction of sp³-hybridized carbons (Fsp3) is 0.118. The number of rotatable bonds is 3. The molecule has 0 saturated heterocycles. The average molecular weight is 276 g/mol. The van der Waals surface area contributed by atoms with E-state index in [1.165, 1.54) is 11.3 Å². The molecule has 104 valence electrons. The van der Waals surface area contributed by atoms with Crippen molar-refractivity contribution in [1.29, 1.82) is 0 Å². The normalized spacial score (nSPS) is 15.6. The van der Waals surface area contributed by atoms with Gasteiger partial charge in [0.15, 0.2) is 0 Å². The Morgan fingerprint density at radius 2 is 1.90 bits per heavy atom. The van der Waals surface area contributed by atoms with E-state index in [1.807, 2.05) is 24.7 Å². The maximum Gasteiger partial charge on any atom is 0.0995 e. The lowest BCUT2D eigenvalue weighted by Gasteiger charge is -2.17. The van der Waals surface area contributed by atoms with Crippen LogP contribution in [0.2, 0.25) is 0 Å². The van der Waals surface area contributed by atoms with Gasteiger partial charge < -0.3 is 15.6 Å². The van der Waals surface area contributed by atoms with Crippen molar-refractivity contribution in [2.45, 2.75) is 12.6 Å². The van der Waals surface area contributed by atoms with Crippen molar-refractivity contribution in [3.63, 3.8) is 0 Å². The maximum atomic E-state index is 5.84. The van der Waals surface area contributed by atoms with E-state index in [-0.39, 0.29) is 6.04 Å². The highest BCUT2D eigenvalue weighted by atomic mass is 15.1. The van der Waals surface area contributed by atoms with Gasteiger partial charge in [0, 0.05) is 17.8 Å². The fourth-order valence-electron chi connectivity index (χ4n) is 2.98. The second-order valence-corrected chi connectivity index (χ2v) is 5.19. The zero-order valence-corrected chi connectivity index (χ0v) is 11.5. The Morgan fingerprint density at radius 1 is 1.10 bits per heavy atom. The minimum absolute atomic E-state index is 0.108. The predicted molar refractivity (Wildman–Crippen MR) is 83.4 cm³/mol. The highest BCUT2D eigenvalue weighted by Gasteiger charge is 2.28. The Labute approximate surface area is 123 Å². The number of aromatic nitrogens is 2. The Hall–Kier alpha value is -2.59. The van der Waals surface area contributed by atoms with Crippen molar-refractivity contribution in [1.82, 2.24) is 9.55 Å². The second-order valence-electron chi connectivity index (χ2n) is 5.19. The summed E-state index contributed by atoms with van der Waals surface area (Å²) in [5, 5.41) is 3.62. The number of anilines is 1. The van der Waals surface area contributed by atoms with Crippen LogP contribution in [-0.2, 0) is 6.54 Å². The Bertz CT molecular complexity index is 791. The van der Waals surface area contributed by atoms with Crippen molar-refractivity contribution in [3.05, 3.63) is 77.9 Å². The van der Waals surface area contributed by atoms with E-state index in [0.717, 1.165) is 16.9 Å². The van der Waals surface area contributed by atoms with E-state index >= 15 is 0 Å². The standard InChI is InChI=1S/C17H16N4/c18-9-12-5-1-3-7-14(12)20-17-13-6-2-4-8-15(13)21-11-19-10-16(17)21/h1-8,10-11,17,20H,9,18H2. The number of nitrogens with two attached hydrogens (primary N) is 1. The van der Waals surface area contributed by atoms with Gasteiger partial charge in [-0.15, -0.1) is 0 Å². The molecule has 1 aromatic heterocycles. The summed E-state index contributed by atoms with van der Waals surface area (Å²) in [4.78, 5) is 4.28. The first-order valence-corrected chi connectivity index (χ1v) is 7.04. The molecule has 0 amide bonds. The van der Waals surface area contributed by atoms with Gasteiger partial charge in [0.2, 0.25) is 0 Å². The van der Waals surface area contributed by atoms with E-state index < -0.39 is 0 Å². The van der Waals surface area contributed by atoms with Crippen LogP contribution in [-0.4, -0.2) is 9.55 Å². The predicted octanol–water partition coefficient (Wildman–Crippen LogP) is 2.85. The van der Waals surface area contributed by atoms with Crippen LogP contribution in [0.1, 0.15) is 22.9 Å². The number of nitrogens with one attached hydrogen (secondary N) is 1. The lowest BCUT2D eigenvalue weighted by atomic mass is 10.0.